The van der Waals surface area contributed by atoms with E-state index in [1.165, 1.54) is 4.90 Å². The predicted octanol–water partition coefficient (Wildman–Crippen LogP) is 0.743. The molecular weight excluding hydrogens is 426 g/mol. The van der Waals surface area contributed by atoms with Crippen LogP contribution in [0.4, 0.5) is 5.69 Å². The molecule has 8 nitrogen and oxygen atoms in total. The van der Waals surface area contributed by atoms with E-state index in [0.717, 1.165) is 4.88 Å². The highest BCUT2D eigenvalue weighted by Gasteiger charge is 2.35. The number of carbonyl (C=O) groups is 3. The molecular formula is C20H23N3O5S2. The predicted molar refractivity (Wildman–Crippen MR) is 115 cm³/mol. The van der Waals surface area contributed by atoms with E-state index in [4.69, 9.17) is 0 Å². The molecule has 0 bridgehead atoms. The lowest BCUT2D eigenvalue weighted by molar-refractivity contribution is -0.139. The molecule has 0 aliphatic carbocycles. The molecule has 1 aromatic heterocycles. The Hall–Kier alpha value is -2.72. The molecule has 0 unspecified atom stereocenters. The molecule has 10 heteroatoms. The van der Waals surface area contributed by atoms with Crippen molar-refractivity contribution in [3.05, 3.63) is 52.7 Å². The van der Waals surface area contributed by atoms with E-state index in [1.807, 2.05) is 17.5 Å². The highest BCUT2D eigenvalue weighted by Crippen LogP contribution is 2.24. The van der Waals surface area contributed by atoms with Gasteiger partial charge in [-0.2, -0.15) is 0 Å². The molecule has 3 amide bonds. The first kappa shape index (κ1) is 22.0. The summed E-state index contributed by atoms with van der Waals surface area (Å²) >= 11 is 1.57. The van der Waals surface area contributed by atoms with Crippen LogP contribution in [0.2, 0.25) is 0 Å². The summed E-state index contributed by atoms with van der Waals surface area (Å²) in [7, 11) is -3.20. The molecule has 0 spiro atoms. The monoisotopic (exact) mass is 449 g/mol. The summed E-state index contributed by atoms with van der Waals surface area (Å²) in [6.07, 6.45) is 0.952. The van der Waals surface area contributed by atoms with Crippen molar-refractivity contribution in [2.75, 3.05) is 29.5 Å². The lowest BCUT2D eigenvalue weighted by Gasteiger charge is -2.28. The normalized spacial score (nSPS) is 17.3. The Morgan fingerprint density at radius 2 is 1.77 bits per heavy atom. The molecule has 1 aliphatic heterocycles. The van der Waals surface area contributed by atoms with Crippen LogP contribution >= 0.6 is 11.3 Å². The van der Waals surface area contributed by atoms with Crippen molar-refractivity contribution in [1.29, 1.82) is 0 Å². The van der Waals surface area contributed by atoms with E-state index in [1.54, 1.807) is 41.7 Å². The molecule has 0 saturated carbocycles. The number of amides is 3. The van der Waals surface area contributed by atoms with Crippen LogP contribution in [0.1, 0.15) is 11.3 Å². The van der Waals surface area contributed by atoms with Crippen LogP contribution in [0.5, 0.6) is 0 Å². The van der Waals surface area contributed by atoms with E-state index < -0.39 is 40.1 Å². The molecule has 1 atom stereocenters. The third-order valence-corrected chi connectivity index (χ3v) is 7.41. The molecule has 1 saturated heterocycles. The first-order chi connectivity index (χ1) is 14.4. The first-order valence-corrected chi connectivity index (χ1v) is 12.2. The summed E-state index contributed by atoms with van der Waals surface area (Å²) in [5, 5.41) is 6.79. The molecule has 1 fully saturated rings. The Labute approximate surface area is 179 Å². The van der Waals surface area contributed by atoms with Gasteiger partial charge in [0, 0.05) is 17.1 Å². The molecule has 2 N–H and O–H groups in total. The lowest BCUT2D eigenvalue weighted by atomic mass is 10.1. The number of nitrogens with zero attached hydrogens (tertiary/aromatic N) is 1. The van der Waals surface area contributed by atoms with Gasteiger partial charge in [-0.1, -0.05) is 24.3 Å². The lowest BCUT2D eigenvalue weighted by Crippen LogP contribution is -2.49. The number of nitrogens with one attached hydrogen (secondary N) is 2. The van der Waals surface area contributed by atoms with Crippen LogP contribution in [0.25, 0.3) is 0 Å². The van der Waals surface area contributed by atoms with Crippen molar-refractivity contribution >= 4 is 44.6 Å². The number of hydrogen-bond donors (Lipinski definition) is 2. The summed E-state index contributed by atoms with van der Waals surface area (Å²) < 4.78 is 23.8. The number of benzene rings is 1. The molecule has 2 heterocycles. The average Bonchev–Trinajstić information content (AvgIpc) is 3.36. The van der Waals surface area contributed by atoms with Crippen molar-refractivity contribution in [2.24, 2.45) is 0 Å². The van der Waals surface area contributed by atoms with Crippen LogP contribution in [-0.2, 0) is 30.6 Å². The summed E-state index contributed by atoms with van der Waals surface area (Å²) in [6, 6.07) is 12.1. The Morgan fingerprint density at radius 3 is 2.40 bits per heavy atom. The zero-order valence-corrected chi connectivity index (χ0v) is 17.9. The minimum absolute atomic E-state index is 0.0211. The molecule has 160 valence electrons. The van der Waals surface area contributed by atoms with Crippen LogP contribution in [-0.4, -0.2) is 56.8 Å². The fourth-order valence-corrected chi connectivity index (χ4v) is 5.69. The van der Waals surface area contributed by atoms with Gasteiger partial charge in [-0.15, -0.1) is 11.3 Å². The number of sulfone groups is 1. The van der Waals surface area contributed by atoms with Gasteiger partial charge in [0.2, 0.25) is 5.91 Å². The minimum Gasteiger partial charge on any atom is -0.347 e. The third kappa shape index (κ3) is 5.90. The van der Waals surface area contributed by atoms with Gasteiger partial charge in [-0.05, 0) is 36.4 Å². The number of hydrogen-bond acceptors (Lipinski definition) is 6. The molecule has 1 aromatic carbocycles. The summed E-state index contributed by atoms with van der Waals surface area (Å²) in [5.41, 5.74) is 0.555. The maximum absolute atomic E-state index is 12.8. The fourth-order valence-electron chi connectivity index (χ4n) is 3.28. The van der Waals surface area contributed by atoms with Gasteiger partial charge in [-0.3, -0.25) is 14.4 Å². The molecule has 3 rings (SSSR count). The number of carbonyl (C=O) groups excluding carboxylic acids is 3. The summed E-state index contributed by atoms with van der Waals surface area (Å²) in [4.78, 5) is 39.3. The van der Waals surface area contributed by atoms with Gasteiger partial charge in [0.05, 0.1) is 24.1 Å². The largest absolute Gasteiger partial charge is 0.347 e. The quantitative estimate of drug-likeness (QED) is 0.606. The maximum atomic E-state index is 12.8. The van der Waals surface area contributed by atoms with Crippen LogP contribution in [0.3, 0.4) is 0 Å². The second kappa shape index (κ2) is 9.86. The number of para-hydroxylation sites is 1. The van der Waals surface area contributed by atoms with E-state index >= 15 is 0 Å². The third-order valence-electron chi connectivity index (χ3n) is 4.72. The zero-order chi connectivity index (χ0) is 21.6. The molecule has 30 heavy (non-hydrogen) atoms. The number of rotatable bonds is 7. The van der Waals surface area contributed by atoms with Crippen molar-refractivity contribution in [3.8, 4) is 0 Å². The van der Waals surface area contributed by atoms with E-state index in [2.05, 4.69) is 10.6 Å². The standard InChI is InChI=1S/C20H23N3O5S2/c24-18(13-22-20(26)19(25)21-10-8-17-7-4-11-29-17)23(15-5-2-1-3-6-15)16-9-12-30(27,28)14-16/h1-7,11,16H,8-10,12-14H2,(H,21,25)(H,22,26)/t16-/m1/s1. The fraction of sp³-hybridized carbons (Fsp3) is 0.350. The second-order valence-corrected chi connectivity index (χ2v) is 10.2. The van der Waals surface area contributed by atoms with Crippen LogP contribution in [0.15, 0.2) is 47.8 Å². The minimum atomic E-state index is -3.20. The van der Waals surface area contributed by atoms with Gasteiger partial charge < -0.3 is 15.5 Å². The number of thiophene rings is 1. The number of anilines is 1. The topological polar surface area (TPSA) is 113 Å². The maximum Gasteiger partial charge on any atom is 0.309 e. The highest BCUT2D eigenvalue weighted by molar-refractivity contribution is 7.91. The van der Waals surface area contributed by atoms with E-state index in [0.29, 0.717) is 25.1 Å². The highest BCUT2D eigenvalue weighted by atomic mass is 32.2. The van der Waals surface area contributed by atoms with E-state index in [-0.39, 0.29) is 11.5 Å². The first-order valence-electron chi connectivity index (χ1n) is 9.52. The van der Waals surface area contributed by atoms with E-state index in [9.17, 15) is 22.8 Å². The van der Waals surface area contributed by atoms with Gasteiger partial charge in [0.25, 0.3) is 0 Å². The average molecular weight is 450 g/mol. The van der Waals surface area contributed by atoms with Crippen LogP contribution < -0.4 is 15.5 Å². The SMILES string of the molecule is O=C(NCCc1cccs1)C(=O)NCC(=O)N(c1ccccc1)[C@@H]1CCS(=O)(=O)C1. The smallest absolute Gasteiger partial charge is 0.309 e. The summed E-state index contributed by atoms with van der Waals surface area (Å²) in [6.45, 7) is -0.0839. The Kier molecular flexibility index (Phi) is 7.22. The van der Waals surface area contributed by atoms with Crippen molar-refractivity contribution < 1.29 is 22.8 Å². The van der Waals surface area contributed by atoms with Gasteiger partial charge in [0.15, 0.2) is 9.84 Å². The molecule has 0 radical (unpaired) electrons. The Balaban J connectivity index is 1.56. The zero-order valence-electron chi connectivity index (χ0n) is 16.2. The van der Waals surface area contributed by atoms with Crippen molar-refractivity contribution in [3.63, 3.8) is 0 Å². The van der Waals surface area contributed by atoms with Crippen LogP contribution in [0, 0.1) is 0 Å². The molecule has 2 aromatic rings. The van der Waals surface area contributed by atoms with Gasteiger partial charge in [0.1, 0.15) is 0 Å². The Bertz CT molecular complexity index is 991. The molecule has 1 aliphatic rings. The van der Waals surface area contributed by atoms with Gasteiger partial charge >= 0.3 is 11.8 Å². The summed E-state index contributed by atoms with van der Waals surface area (Å²) in [5.74, 6) is -2.28. The van der Waals surface area contributed by atoms with Crippen molar-refractivity contribution in [1.82, 2.24) is 10.6 Å². The van der Waals surface area contributed by atoms with Crippen molar-refractivity contribution in [2.45, 2.75) is 18.9 Å². The van der Waals surface area contributed by atoms with Gasteiger partial charge in [-0.25, -0.2) is 8.42 Å². The Morgan fingerprint density at radius 1 is 1.03 bits per heavy atom. The second-order valence-electron chi connectivity index (χ2n) is 6.92.